The smallest absolute Gasteiger partial charge is 0.0475 e. The molecule has 98 valence electrons. The Labute approximate surface area is 110 Å². The molecule has 1 saturated heterocycles. The standard InChI is InChI=1S/C16H23NO/c1-13-3-2-4-14(11-13)16(7-9-18-10-8-16)12-17-15-5-6-15/h2-4,11,15,17H,5-10,12H2,1H3. The minimum atomic E-state index is 0.298. The lowest BCUT2D eigenvalue weighted by atomic mass is 9.73. The van der Waals surface area contributed by atoms with Crippen LogP contribution in [0.3, 0.4) is 0 Å². The molecule has 1 saturated carbocycles. The summed E-state index contributed by atoms with van der Waals surface area (Å²) in [7, 11) is 0. The molecule has 0 radical (unpaired) electrons. The van der Waals surface area contributed by atoms with Crippen molar-refractivity contribution in [3.8, 4) is 0 Å². The second-order valence-corrected chi connectivity index (χ2v) is 5.92. The highest BCUT2D eigenvalue weighted by molar-refractivity contribution is 5.31. The van der Waals surface area contributed by atoms with Gasteiger partial charge in [-0.15, -0.1) is 0 Å². The molecule has 1 aliphatic carbocycles. The normalized spacial score (nSPS) is 22.9. The molecule has 2 heteroatoms. The Morgan fingerprint density at radius 2 is 2.06 bits per heavy atom. The van der Waals surface area contributed by atoms with Crippen LogP contribution in [0.1, 0.15) is 36.8 Å². The van der Waals surface area contributed by atoms with Crippen LogP contribution < -0.4 is 5.32 Å². The molecule has 1 aromatic rings. The van der Waals surface area contributed by atoms with E-state index in [1.807, 2.05) is 0 Å². The summed E-state index contributed by atoms with van der Waals surface area (Å²) in [6.07, 6.45) is 5.02. The molecule has 0 bridgehead atoms. The van der Waals surface area contributed by atoms with E-state index in [1.165, 1.54) is 24.0 Å². The van der Waals surface area contributed by atoms with Crippen LogP contribution in [0, 0.1) is 6.92 Å². The van der Waals surface area contributed by atoms with Gasteiger partial charge in [-0.05, 0) is 38.2 Å². The van der Waals surface area contributed by atoms with Crippen molar-refractivity contribution in [2.75, 3.05) is 19.8 Å². The molecule has 1 N–H and O–H groups in total. The lowest BCUT2D eigenvalue weighted by Crippen LogP contribution is -2.43. The summed E-state index contributed by atoms with van der Waals surface area (Å²) in [6.45, 7) is 5.11. The first kappa shape index (κ1) is 12.2. The van der Waals surface area contributed by atoms with Crippen LogP contribution in [0.2, 0.25) is 0 Å². The topological polar surface area (TPSA) is 21.3 Å². The minimum Gasteiger partial charge on any atom is -0.381 e. The van der Waals surface area contributed by atoms with E-state index in [4.69, 9.17) is 4.74 Å². The van der Waals surface area contributed by atoms with Gasteiger partial charge in [0.2, 0.25) is 0 Å². The van der Waals surface area contributed by atoms with Crippen LogP contribution in [0.4, 0.5) is 0 Å². The molecule has 2 fully saturated rings. The summed E-state index contributed by atoms with van der Waals surface area (Å²) < 4.78 is 5.57. The van der Waals surface area contributed by atoms with Gasteiger partial charge in [0.15, 0.2) is 0 Å². The fourth-order valence-corrected chi connectivity index (χ4v) is 2.93. The molecule has 1 aromatic carbocycles. The summed E-state index contributed by atoms with van der Waals surface area (Å²) in [4.78, 5) is 0. The highest BCUT2D eigenvalue weighted by Gasteiger charge is 2.36. The van der Waals surface area contributed by atoms with E-state index in [2.05, 4.69) is 36.5 Å². The molecule has 0 atom stereocenters. The maximum atomic E-state index is 5.57. The van der Waals surface area contributed by atoms with E-state index in [0.717, 1.165) is 38.6 Å². The van der Waals surface area contributed by atoms with Crippen LogP contribution in [0.25, 0.3) is 0 Å². The highest BCUT2D eigenvalue weighted by atomic mass is 16.5. The number of hydrogen-bond donors (Lipinski definition) is 1. The van der Waals surface area contributed by atoms with Gasteiger partial charge in [-0.2, -0.15) is 0 Å². The van der Waals surface area contributed by atoms with Crippen molar-refractivity contribution in [1.82, 2.24) is 5.32 Å². The Balaban J connectivity index is 1.82. The van der Waals surface area contributed by atoms with Gasteiger partial charge in [0.25, 0.3) is 0 Å². The molecular formula is C16H23NO. The van der Waals surface area contributed by atoms with Crippen molar-refractivity contribution in [1.29, 1.82) is 0 Å². The first-order chi connectivity index (χ1) is 8.78. The zero-order valence-electron chi connectivity index (χ0n) is 11.2. The Kier molecular flexibility index (Phi) is 3.40. The summed E-state index contributed by atoms with van der Waals surface area (Å²) in [5.41, 5.74) is 3.16. The van der Waals surface area contributed by atoms with E-state index in [9.17, 15) is 0 Å². The van der Waals surface area contributed by atoms with Gasteiger partial charge >= 0.3 is 0 Å². The number of hydrogen-bond acceptors (Lipinski definition) is 2. The van der Waals surface area contributed by atoms with Gasteiger partial charge in [0, 0.05) is 31.2 Å². The average molecular weight is 245 g/mol. The van der Waals surface area contributed by atoms with E-state index in [-0.39, 0.29) is 0 Å². The molecule has 0 aromatic heterocycles. The van der Waals surface area contributed by atoms with Crippen LogP contribution >= 0.6 is 0 Å². The van der Waals surface area contributed by atoms with Crippen molar-refractivity contribution < 1.29 is 4.74 Å². The van der Waals surface area contributed by atoms with Crippen LogP contribution in [0.5, 0.6) is 0 Å². The lowest BCUT2D eigenvalue weighted by Gasteiger charge is -2.38. The fraction of sp³-hybridized carbons (Fsp3) is 0.625. The Morgan fingerprint density at radius 1 is 1.28 bits per heavy atom. The van der Waals surface area contributed by atoms with Crippen molar-refractivity contribution in [3.05, 3.63) is 35.4 Å². The second kappa shape index (κ2) is 5.02. The zero-order valence-corrected chi connectivity index (χ0v) is 11.2. The molecule has 2 aliphatic rings. The molecule has 0 spiro atoms. The number of nitrogens with one attached hydrogen (secondary N) is 1. The summed E-state index contributed by atoms with van der Waals surface area (Å²) in [5.74, 6) is 0. The van der Waals surface area contributed by atoms with Gasteiger partial charge in [0.1, 0.15) is 0 Å². The molecular weight excluding hydrogens is 222 g/mol. The van der Waals surface area contributed by atoms with E-state index in [1.54, 1.807) is 0 Å². The number of rotatable bonds is 4. The predicted molar refractivity (Wildman–Crippen MR) is 73.9 cm³/mol. The Morgan fingerprint density at radius 3 is 2.72 bits per heavy atom. The molecule has 1 heterocycles. The van der Waals surface area contributed by atoms with E-state index < -0.39 is 0 Å². The predicted octanol–water partition coefficient (Wildman–Crippen LogP) is 2.80. The largest absolute Gasteiger partial charge is 0.381 e. The lowest BCUT2D eigenvalue weighted by molar-refractivity contribution is 0.0497. The Bertz CT molecular complexity index is 405. The third-order valence-corrected chi connectivity index (χ3v) is 4.39. The van der Waals surface area contributed by atoms with Crippen molar-refractivity contribution in [2.24, 2.45) is 0 Å². The number of benzene rings is 1. The zero-order chi connectivity index (χ0) is 12.4. The van der Waals surface area contributed by atoms with Crippen molar-refractivity contribution in [2.45, 2.75) is 44.1 Å². The summed E-state index contributed by atoms with van der Waals surface area (Å²) in [5, 5.41) is 3.73. The molecule has 3 rings (SSSR count). The molecule has 0 amide bonds. The molecule has 0 unspecified atom stereocenters. The number of aryl methyl sites for hydroxylation is 1. The van der Waals surface area contributed by atoms with Crippen molar-refractivity contribution >= 4 is 0 Å². The third-order valence-electron chi connectivity index (χ3n) is 4.39. The van der Waals surface area contributed by atoms with Gasteiger partial charge in [-0.1, -0.05) is 29.8 Å². The second-order valence-electron chi connectivity index (χ2n) is 5.92. The van der Waals surface area contributed by atoms with Crippen molar-refractivity contribution in [3.63, 3.8) is 0 Å². The van der Waals surface area contributed by atoms with Gasteiger partial charge < -0.3 is 10.1 Å². The van der Waals surface area contributed by atoms with Crippen LogP contribution in [-0.4, -0.2) is 25.8 Å². The molecule has 18 heavy (non-hydrogen) atoms. The molecule has 1 aliphatic heterocycles. The van der Waals surface area contributed by atoms with Crippen LogP contribution in [0.15, 0.2) is 24.3 Å². The minimum absolute atomic E-state index is 0.298. The fourth-order valence-electron chi connectivity index (χ4n) is 2.93. The van der Waals surface area contributed by atoms with Gasteiger partial charge in [-0.25, -0.2) is 0 Å². The number of ether oxygens (including phenoxy) is 1. The quantitative estimate of drug-likeness (QED) is 0.880. The van der Waals surface area contributed by atoms with E-state index >= 15 is 0 Å². The SMILES string of the molecule is Cc1cccc(C2(CNC3CC3)CCOCC2)c1. The molecule has 2 nitrogen and oxygen atoms in total. The third kappa shape index (κ3) is 2.60. The summed E-state index contributed by atoms with van der Waals surface area (Å²) >= 11 is 0. The highest BCUT2D eigenvalue weighted by Crippen LogP contribution is 2.35. The van der Waals surface area contributed by atoms with E-state index in [0.29, 0.717) is 5.41 Å². The maximum absolute atomic E-state index is 5.57. The monoisotopic (exact) mass is 245 g/mol. The van der Waals surface area contributed by atoms with Gasteiger partial charge in [-0.3, -0.25) is 0 Å². The maximum Gasteiger partial charge on any atom is 0.0475 e. The Hall–Kier alpha value is -0.860. The van der Waals surface area contributed by atoms with Crippen LogP contribution in [-0.2, 0) is 10.2 Å². The van der Waals surface area contributed by atoms with Gasteiger partial charge in [0.05, 0.1) is 0 Å². The first-order valence-corrected chi connectivity index (χ1v) is 7.17. The first-order valence-electron chi connectivity index (χ1n) is 7.17. The summed E-state index contributed by atoms with van der Waals surface area (Å²) in [6, 6.07) is 9.82. The average Bonchev–Trinajstić information content (AvgIpc) is 3.22.